The maximum Gasteiger partial charge on any atom is 0.338 e. The summed E-state index contributed by atoms with van der Waals surface area (Å²) in [6.07, 6.45) is -0.139. The van der Waals surface area contributed by atoms with E-state index in [0.717, 1.165) is 22.0 Å². The molecule has 1 N–H and O–H groups in total. The van der Waals surface area contributed by atoms with Crippen molar-refractivity contribution < 1.29 is 19.1 Å². The number of hydrogen-bond acceptors (Lipinski definition) is 7. The van der Waals surface area contributed by atoms with E-state index < -0.39 is 12.0 Å². The zero-order valence-corrected chi connectivity index (χ0v) is 21.3. The van der Waals surface area contributed by atoms with Gasteiger partial charge in [0.2, 0.25) is 5.91 Å². The van der Waals surface area contributed by atoms with Gasteiger partial charge in [0.05, 0.1) is 36.9 Å². The minimum absolute atomic E-state index is 0.122. The van der Waals surface area contributed by atoms with Crippen molar-refractivity contribution in [2.45, 2.75) is 46.3 Å². The molecular formula is C27H29N3O4S. The molecule has 35 heavy (non-hydrogen) atoms. The topological polar surface area (TPSA) is 80.2 Å². The number of thioether (sulfide) groups is 1. The lowest BCUT2D eigenvalue weighted by Crippen LogP contribution is -2.37. The van der Waals surface area contributed by atoms with Gasteiger partial charge in [0.25, 0.3) is 0 Å². The number of ether oxygens (including phenoxy) is 2. The highest BCUT2D eigenvalue weighted by molar-refractivity contribution is 8.16. The zero-order chi connectivity index (χ0) is 25.1. The van der Waals surface area contributed by atoms with Crippen molar-refractivity contribution in [2.75, 3.05) is 12.4 Å². The van der Waals surface area contributed by atoms with Crippen LogP contribution < -0.4 is 10.1 Å². The third kappa shape index (κ3) is 5.43. The van der Waals surface area contributed by atoms with E-state index in [1.807, 2.05) is 80.5 Å². The number of nitrogens with zero attached hydrogens (tertiary/aromatic N) is 2. The monoisotopic (exact) mass is 491 g/mol. The van der Waals surface area contributed by atoms with Crippen molar-refractivity contribution in [3.05, 3.63) is 82.0 Å². The minimum atomic E-state index is -0.444. The molecule has 0 unspecified atom stereocenters. The van der Waals surface area contributed by atoms with Crippen LogP contribution in [-0.4, -0.2) is 35.2 Å². The number of esters is 1. The average molecular weight is 492 g/mol. The first-order valence-electron chi connectivity index (χ1n) is 11.4. The molecule has 4 rings (SSSR count). The van der Waals surface area contributed by atoms with Gasteiger partial charge < -0.3 is 19.7 Å². The number of amides is 1. The van der Waals surface area contributed by atoms with Crippen LogP contribution in [0.3, 0.4) is 0 Å². The minimum Gasteiger partial charge on any atom is -0.497 e. The molecule has 2 heterocycles. The fourth-order valence-corrected chi connectivity index (χ4v) is 5.01. The molecule has 0 spiro atoms. The number of carbonyl (C=O) groups is 2. The summed E-state index contributed by atoms with van der Waals surface area (Å²) in [4.78, 5) is 32.9. The third-order valence-corrected chi connectivity index (χ3v) is 6.54. The van der Waals surface area contributed by atoms with Gasteiger partial charge in [-0.1, -0.05) is 47.7 Å². The number of hydrogen-bond donors (Lipinski definition) is 1. The SMILES string of the molecule is COc1cccc(NC(=O)CC2=CSC3=NC(C)=C(C(=O)OC(C)C)[C@@H](c4ccc(C)cc4)N23)c1. The van der Waals surface area contributed by atoms with Crippen LogP contribution in [0.5, 0.6) is 5.75 Å². The van der Waals surface area contributed by atoms with E-state index in [1.54, 1.807) is 13.2 Å². The number of amidine groups is 1. The summed E-state index contributed by atoms with van der Waals surface area (Å²) in [6, 6.07) is 14.8. The van der Waals surface area contributed by atoms with Crippen molar-refractivity contribution in [1.82, 2.24) is 4.90 Å². The van der Waals surface area contributed by atoms with Crippen LogP contribution in [0.25, 0.3) is 0 Å². The first kappa shape index (κ1) is 24.6. The van der Waals surface area contributed by atoms with Gasteiger partial charge in [-0.05, 0) is 50.8 Å². The molecule has 8 heteroatoms. The van der Waals surface area contributed by atoms with Crippen LogP contribution in [0, 0.1) is 6.92 Å². The van der Waals surface area contributed by atoms with Crippen molar-refractivity contribution in [2.24, 2.45) is 4.99 Å². The maximum atomic E-state index is 13.2. The van der Waals surface area contributed by atoms with E-state index in [9.17, 15) is 9.59 Å². The fourth-order valence-electron chi connectivity index (χ4n) is 4.04. The standard InChI is InChI=1S/C27H29N3O4S/c1-16(2)34-26(32)24-18(4)28-27-30(25(24)19-11-9-17(3)10-12-19)21(15-35-27)14-23(31)29-20-7-6-8-22(13-20)33-5/h6-13,15-16,25H,14H2,1-5H3,(H,29,31)/t25-/m1/s1. The number of allylic oxidation sites excluding steroid dienone is 1. The van der Waals surface area contributed by atoms with E-state index >= 15 is 0 Å². The number of methoxy groups -OCH3 is 1. The molecule has 7 nitrogen and oxygen atoms in total. The zero-order valence-electron chi connectivity index (χ0n) is 20.5. The van der Waals surface area contributed by atoms with E-state index in [0.29, 0.717) is 22.7 Å². The average Bonchev–Trinajstić information content (AvgIpc) is 3.20. The number of aryl methyl sites for hydroxylation is 1. The molecular weight excluding hydrogens is 462 g/mol. The Hall–Kier alpha value is -3.52. The van der Waals surface area contributed by atoms with E-state index in [1.165, 1.54) is 11.8 Å². The highest BCUT2D eigenvalue weighted by atomic mass is 32.2. The lowest BCUT2D eigenvalue weighted by Gasteiger charge is -2.36. The van der Waals surface area contributed by atoms with Gasteiger partial charge in [-0.3, -0.25) is 4.79 Å². The fraction of sp³-hybridized carbons (Fsp3) is 0.296. The molecule has 0 saturated carbocycles. The molecule has 1 atom stereocenters. The Balaban J connectivity index is 1.65. The second-order valence-electron chi connectivity index (χ2n) is 8.71. The van der Waals surface area contributed by atoms with Gasteiger partial charge >= 0.3 is 5.97 Å². The van der Waals surface area contributed by atoms with Gasteiger partial charge in [0.15, 0.2) is 5.17 Å². The lowest BCUT2D eigenvalue weighted by molar-refractivity contribution is -0.143. The Labute approximate surface area is 209 Å². The van der Waals surface area contributed by atoms with Crippen LogP contribution in [0.1, 0.15) is 44.4 Å². The molecule has 2 aromatic rings. The van der Waals surface area contributed by atoms with E-state index in [-0.39, 0.29) is 18.4 Å². The van der Waals surface area contributed by atoms with E-state index in [2.05, 4.69) is 5.32 Å². The maximum absolute atomic E-state index is 13.2. The summed E-state index contributed by atoms with van der Waals surface area (Å²) in [5.41, 5.74) is 4.57. The second kappa shape index (κ2) is 10.4. The predicted octanol–water partition coefficient (Wildman–Crippen LogP) is 5.56. The predicted molar refractivity (Wildman–Crippen MR) is 139 cm³/mol. The largest absolute Gasteiger partial charge is 0.497 e. The van der Waals surface area contributed by atoms with Gasteiger partial charge in [0.1, 0.15) is 5.75 Å². The van der Waals surface area contributed by atoms with Gasteiger partial charge in [0, 0.05) is 17.5 Å². The van der Waals surface area contributed by atoms with Crippen LogP contribution >= 0.6 is 11.8 Å². The molecule has 0 saturated heterocycles. The van der Waals surface area contributed by atoms with Crippen LogP contribution in [0.2, 0.25) is 0 Å². The summed E-state index contributed by atoms with van der Waals surface area (Å²) in [5.74, 6) is 0.0896. The van der Waals surface area contributed by atoms with Gasteiger partial charge in [-0.2, -0.15) is 0 Å². The van der Waals surface area contributed by atoms with Crippen LogP contribution in [0.15, 0.2) is 75.9 Å². The second-order valence-corrected chi connectivity index (χ2v) is 9.55. The van der Waals surface area contributed by atoms with Gasteiger partial charge in [-0.25, -0.2) is 9.79 Å². The Morgan fingerprint density at radius 1 is 1.14 bits per heavy atom. The summed E-state index contributed by atoms with van der Waals surface area (Å²) in [7, 11) is 1.58. The molecule has 0 aliphatic carbocycles. The smallest absolute Gasteiger partial charge is 0.338 e. The Morgan fingerprint density at radius 2 is 1.89 bits per heavy atom. The molecule has 0 aromatic heterocycles. The number of benzene rings is 2. The Bertz CT molecular complexity index is 1230. The van der Waals surface area contributed by atoms with Crippen LogP contribution in [-0.2, 0) is 14.3 Å². The molecule has 2 aliphatic rings. The molecule has 1 amide bonds. The summed E-state index contributed by atoms with van der Waals surface area (Å²) in [5, 5.41) is 5.59. The third-order valence-electron chi connectivity index (χ3n) is 5.65. The summed E-state index contributed by atoms with van der Waals surface area (Å²) < 4.78 is 10.8. The Morgan fingerprint density at radius 3 is 2.57 bits per heavy atom. The molecule has 0 radical (unpaired) electrons. The molecule has 2 aliphatic heterocycles. The lowest BCUT2D eigenvalue weighted by atomic mass is 9.93. The number of aliphatic imine (C=N–C) groups is 1. The summed E-state index contributed by atoms with van der Waals surface area (Å²) in [6.45, 7) is 7.50. The first-order chi connectivity index (χ1) is 16.8. The highest BCUT2D eigenvalue weighted by Crippen LogP contribution is 2.45. The Kier molecular flexibility index (Phi) is 7.31. The number of fused-ring (bicyclic) bond motifs is 1. The molecule has 2 aromatic carbocycles. The van der Waals surface area contributed by atoms with Crippen molar-refractivity contribution in [3.8, 4) is 5.75 Å². The quantitative estimate of drug-likeness (QED) is 0.511. The van der Waals surface area contributed by atoms with Crippen LogP contribution in [0.4, 0.5) is 5.69 Å². The first-order valence-corrected chi connectivity index (χ1v) is 12.3. The van der Waals surface area contributed by atoms with Crippen molar-refractivity contribution in [1.29, 1.82) is 0 Å². The highest BCUT2D eigenvalue weighted by Gasteiger charge is 2.41. The van der Waals surface area contributed by atoms with Crippen molar-refractivity contribution in [3.63, 3.8) is 0 Å². The molecule has 0 bridgehead atoms. The normalized spacial score (nSPS) is 17.1. The van der Waals surface area contributed by atoms with Gasteiger partial charge in [-0.15, -0.1) is 0 Å². The molecule has 182 valence electrons. The number of rotatable bonds is 7. The van der Waals surface area contributed by atoms with E-state index in [4.69, 9.17) is 14.5 Å². The number of nitrogens with one attached hydrogen (secondary N) is 1. The molecule has 0 fully saturated rings. The van der Waals surface area contributed by atoms with Crippen molar-refractivity contribution >= 4 is 34.5 Å². The summed E-state index contributed by atoms with van der Waals surface area (Å²) >= 11 is 1.45. The number of anilines is 1. The number of carbonyl (C=O) groups excluding carboxylic acids is 2.